The van der Waals surface area contributed by atoms with E-state index >= 15 is 0 Å². The van der Waals surface area contributed by atoms with E-state index in [1.54, 1.807) is 37.4 Å². The van der Waals surface area contributed by atoms with Crippen LogP contribution in [0.2, 0.25) is 0 Å². The predicted octanol–water partition coefficient (Wildman–Crippen LogP) is 2.56. The summed E-state index contributed by atoms with van der Waals surface area (Å²) >= 11 is 0. The molecule has 19 heavy (non-hydrogen) atoms. The van der Waals surface area contributed by atoms with Gasteiger partial charge in [0, 0.05) is 24.5 Å². The molecule has 0 radical (unpaired) electrons. The molecule has 4 heteroatoms. The molecular weight excluding hydrogens is 240 g/mol. The van der Waals surface area contributed by atoms with Gasteiger partial charge in [0.25, 0.3) is 5.91 Å². The number of phenols is 1. The van der Waals surface area contributed by atoms with Crippen LogP contribution in [0, 0.1) is 6.92 Å². The second kappa shape index (κ2) is 5.02. The monoisotopic (exact) mass is 256 g/mol. The van der Waals surface area contributed by atoms with Crippen molar-refractivity contribution in [2.75, 3.05) is 17.7 Å². The van der Waals surface area contributed by atoms with E-state index in [0.717, 1.165) is 5.56 Å². The average Bonchev–Trinajstić information content (AvgIpc) is 2.40. The normalized spacial score (nSPS) is 10.2. The van der Waals surface area contributed by atoms with Crippen LogP contribution in [-0.4, -0.2) is 18.1 Å². The van der Waals surface area contributed by atoms with Crippen molar-refractivity contribution >= 4 is 17.3 Å². The number of nitrogen functional groups attached to an aromatic ring is 1. The lowest BCUT2D eigenvalue weighted by Gasteiger charge is -2.18. The zero-order chi connectivity index (χ0) is 14.0. The van der Waals surface area contributed by atoms with Crippen LogP contribution in [0.25, 0.3) is 0 Å². The van der Waals surface area contributed by atoms with Crippen molar-refractivity contribution in [1.82, 2.24) is 0 Å². The van der Waals surface area contributed by atoms with Gasteiger partial charge in [-0.2, -0.15) is 0 Å². The molecule has 0 aliphatic carbocycles. The van der Waals surface area contributed by atoms with E-state index in [1.165, 1.54) is 11.0 Å². The lowest BCUT2D eigenvalue weighted by Crippen LogP contribution is -2.27. The van der Waals surface area contributed by atoms with Crippen LogP contribution in [0.4, 0.5) is 11.4 Å². The highest BCUT2D eigenvalue weighted by Gasteiger charge is 2.16. The molecular formula is C15H16N2O2. The first-order chi connectivity index (χ1) is 8.99. The maximum Gasteiger partial charge on any atom is 0.260 e. The fourth-order valence-electron chi connectivity index (χ4n) is 1.85. The van der Waals surface area contributed by atoms with Crippen molar-refractivity contribution < 1.29 is 9.90 Å². The Bertz CT molecular complexity index is 623. The zero-order valence-corrected chi connectivity index (χ0v) is 10.9. The van der Waals surface area contributed by atoms with Gasteiger partial charge in [-0.3, -0.25) is 4.79 Å². The first-order valence-corrected chi connectivity index (χ1v) is 5.92. The van der Waals surface area contributed by atoms with Gasteiger partial charge in [-0.05, 0) is 31.2 Å². The number of rotatable bonds is 2. The Balaban J connectivity index is 2.36. The summed E-state index contributed by atoms with van der Waals surface area (Å²) in [6.45, 7) is 1.91. The summed E-state index contributed by atoms with van der Waals surface area (Å²) in [5.74, 6) is -0.0823. The molecule has 0 aliphatic rings. The van der Waals surface area contributed by atoms with Crippen molar-refractivity contribution in [3.63, 3.8) is 0 Å². The Kier molecular flexibility index (Phi) is 3.42. The third-order valence-corrected chi connectivity index (χ3v) is 2.96. The lowest BCUT2D eigenvalue weighted by molar-refractivity contribution is 0.0994. The van der Waals surface area contributed by atoms with E-state index in [2.05, 4.69) is 0 Å². The fourth-order valence-corrected chi connectivity index (χ4v) is 1.85. The van der Waals surface area contributed by atoms with Gasteiger partial charge >= 0.3 is 0 Å². The minimum Gasteiger partial charge on any atom is -0.508 e. The molecule has 2 aromatic rings. The molecule has 2 aromatic carbocycles. The highest BCUT2D eigenvalue weighted by Crippen LogP contribution is 2.22. The average molecular weight is 256 g/mol. The minimum absolute atomic E-state index is 0.120. The number of aryl methyl sites for hydroxylation is 1. The van der Waals surface area contributed by atoms with Crippen molar-refractivity contribution in [3.05, 3.63) is 53.6 Å². The van der Waals surface area contributed by atoms with Gasteiger partial charge in [0.15, 0.2) is 0 Å². The third kappa shape index (κ3) is 2.68. The Morgan fingerprint density at radius 2 is 1.95 bits per heavy atom. The van der Waals surface area contributed by atoms with Crippen LogP contribution in [0.3, 0.4) is 0 Å². The first kappa shape index (κ1) is 13.0. The van der Waals surface area contributed by atoms with E-state index in [4.69, 9.17) is 5.73 Å². The van der Waals surface area contributed by atoms with Crippen LogP contribution in [0.5, 0.6) is 5.75 Å². The van der Waals surface area contributed by atoms with Gasteiger partial charge in [0.1, 0.15) is 5.75 Å². The number of hydrogen-bond donors (Lipinski definition) is 2. The van der Waals surface area contributed by atoms with Crippen LogP contribution in [-0.2, 0) is 0 Å². The second-order valence-corrected chi connectivity index (χ2v) is 4.47. The topological polar surface area (TPSA) is 66.6 Å². The summed E-state index contributed by atoms with van der Waals surface area (Å²) in [6, 6.07) is 11.9. The summed E-state index contributed by atoms with van der Waals surface area (Å²) in [5.41, 5.74) is 8.34. The van der Waals surface area contributed by atoms with Gasteiger partial charge in [-0.15, -0.1) is 0 Å². The number of phenolic OH excluding ortho intramolecular Hbond substituents is 1. The van der Waals surface area contributed by atoms with Crippen LogP contribution < -0.4 is 10.6 Å². The van der Waals surface area contributed by atoms with E-state index in [9.17, 15) is 9.90 Å². The molecule has 0 saturated carbocycles. The zero-order valence-electron chi connectivity index (χ0n) is 10.9. The number of amides is 1. The van der Waals surface area contributed by atoms with Gasteiger partial charge in [-0.25, -0.2) is 0 Å². The Hall–Kier alpha value is -2.49. The molecule has 4 nitrogen and oxygen atoms in total. The molecule has 0 fully saturated rings. The number of anilines is 2. The number of carbonyl (C=O) groups is 1. The maximum absolute atomic E-state index is 12.4. The number of hydrogen-bond acceptors (Lipinski definition) is 3. The number of carbonyl (C=O) groups excluding carboxylic acids is 1. The van der Waals surface area contributed by atoms with Crippen LogP contribution in [0.1, 0.15) is 15.9 Å². The van der Waals surface area contributed by atoms with Gasteiger partial charge in [-0.1, -0.05) is 17.7 Å². The molecule has 2 rings (SSSR count). The van der Waals surface area contributed by atoms with Gasteiger partial charge < -0.3 is 15.7 Å². The highest BCUT2D eigenvalue weighted by molar-refractivity contribution is 6.09. The standard InChI is InChI=1S/C15H16N2O2/c1-10-6-7-14(16)13(8-10)15(19)17(2)11-4-3-5-12(18)9-11/h3-9,18H,16H2,1-2H3. The van der Waals surface area contributed by atoms with E-state index in [0.29, 0.717) is 16.9 Å². The summed E-state index contributed by atoms with van der Waals surface area (Å²) in [5, 5.41) is 9.45. The Labute approximate surface area is 112 Å². The number of benzene rings is 2. The molecule has 0 aliphatic heterocycles. The maximum atomic E-state index is 12.4. The van der Waals surface area contributed by atoms with Gasteiger partial charge in [0.05, 0.1) is 5.56 Å². The lowest BCUT2D eigenvalue weighted by atomic mass is 10.1. The number of aromatic hydroxyl groups is 1. The van der Waals surface area contributed by atoms with Crippen LogP contribution >= 0.6 is 0 Å². The molecule has 0 saturated heterocycles. The van der Waals surface area contributed by atoms with Crippen molar-refractivity contribution in [3.8, 4) is 5.75 Å². The molecule has 1 amide bonds. The fraction of sp³-hybridized carbons (Fsp3) is 0.133. The molecule has 0 atom stereocenters. The highest BCUT2D eigenvalue weighted by atomic mass is 16.3. The summed E-state index contributed by atoms with van der Waals surface area (Å²) in [7, 11) is 1.65. The first-order valence-electron chi connectivity index (χ1n) is 5.92. The molecule has 98 valence electrons. The smallest absolute Gasteiger partial charge is 0.260 e. The SMILES string of the molecule is Cc1ccc(N)c(C(=O)N(C)c2cccc(O)c2)c1. The van der Waals surface area contributed by atoms with E-state index in [-0.39, 0.29) is 11.7 Å². The Morgan fingerprint density at radius 3 is 2.63 bits per heavy atom. The van der Waals surface area contributed by atoms with Crippen LogP contribution in [0.15, 0.2) is 42.5 Å². The molecule has 0 unspecified atom stereocenters. The summed E-state index contributed by atoms with van der Waals surface area (Å²) in [6.07, 6.45) is 0. The van der Waals surface area contributed by atoms with Gasteiger partial charge in [0.2, 0.25) is 0 Å². The molecule has 0 heterocycles. The summed E-state index contributed by atoms with van der Waals surface area (Å²) < 4.78 is 0. The molecule has 0 spiro atoms. The van der Waals surface area contributed by atoms with Crippen molar-refractivity contribution in [2.24, 2.45) is 0 Å². The summed E-state index contributed by atoms with van der Waals surface area (Å²) in [4.78, 5) is 13.9. The van der Waals surface area contributed by atoms with E-state index < -0.39 is 0 Å². The van der Waals surface area contributed by atoms with E-state index in [1.807, 2.05) is 13.0 Å². The predicted molar refractivity (Wildman–Crippen MR) is 76.4 cm³/mol. The third-order valence-electron chi connectivity index (χ3n) is 2.96. The van der Waals surface area contributed by atoms with Crippen molar-refractivity contribution in [2.45, 2.75) is 6.92 Å². The number of nitrogens with zero attached hydrogens (tertiary/aromatic N) is 1. The Morgan fingerprint density at radius 1 is 1.21 bits per heavy atom. The minimum atomic E-state index is -0.202. The largest absolute Gasteiger partial charge is 0.508 e. The number of nitrogens with two attached hydrogens (primary N) is 1. The second-order valence-electron chi connectivity index (χ2n) is 4.47. The quantitative estimate of drug-likeness (QED) is 0.811. The molecule has 0 bridgehead atoms. The molecule has 0 aromatic heterocycles. The molecule has 3 N–H and O–H groups in total. The van der Waals surface area contributed by atoms with Crippen molar-refractivity contribution in [1.29, 1.82) is 0 Å².